The third-order valence-electron chi connectivity index (χ3n) is 5.90. The lowest BCUT2D eigenvalue weighted by atomic mass is 9.74. The van der Waals surface area contributed by atoms with E-state index in [-0.39, 0.29) is 5.41 Å². The molecule has 1 aliphatic heterocycles. The Kier molecular flexibility index (Phi) is 2.81. The van der Waals surface area contributed by atoms with Crippen molar-refractivity contribution < 1.29 is 0 Å². The van der Waals surface area contributed by atoms with Crippen LogP contribution in [0.3, 0.4) is 0 Å². The maximum absolute atomic E-state index is 4.96. The SMILES string of the molecule is C/C=C\C1=C(C)c2ccc3c4c(ccc(c24)[N-]1)C1=C(C=CC1(C)C)C3. The third kappa shape index (κ3) is 1.84. The summed E-state index contributed by atoms with van der Waals surface area (Å²) in [6, 6.07) is 9.14. The molecule has 1 nitrogen and oxygen atoms in total. The normalized spacial score (nSPS) is 19.8. The van der Waals surface area contributed by atoms with Crippen LogP contribution in [-0.4, -0.2) is 0 Å². The Bertz CT molecular complexity index is 1070. The number of benzene rings is 2. The molecule has 3 aliphatic rings. The van der Waals surface area contributed by atoms with Gasteiger partial charge in [0.2, 0.25) is 0 Å². The van der Waals surface area contributed by atoms with Gasteiger partial charge >= 0.3 is 0 Å². The van der Waals surface area contributed by atoms with Crippen molar-refractivity contribution in [3.63, 3.8) is 0 Å². The van der Waals surface area contributed by atoms with Gasteiger partial charge in [-0.25, -0.2) is 0 Å². The minimum atomic E-state index is 0.111. The Hall–Kier alpha value is -2.54. The first kappa shape index (κ1) is 14.8. The summed E-state index contributed by atoms with van der Waals surface area (Å²) in [7, 11) is 0. The van der Waals surface area contributed by atoms with Gasteiger partial charge in [0.1, 0.15) is 0 Å². The Labute approximate surface area is 149 Å². The molecule has 0 saturated heterocycles. The number of nitrogens with zero attached hydrogens (tertiary/aromatic N) is 1. The van der Waals surface area contributed by atoms with E-state index in [0.717, 1.165) is 17.8 Å². The summed E-state index contributed by atoms with van der Waals surface area (Å²) in [5.41, 5.74) is 10.8. The van der Waals surface area contributed by atoms with Crippen molar-refractivity contribution >= 4 is 27.6 Å². The summed E-state index contributed by atoms with van der Waals surface area (Å²) in [6.45, 7) is 8.90. The zero-order chi connectivity index (χ0) is 17.3. The molecule has 2 aromatic rings. The molecular weight excluding hydrogens is 302 g/mol. The van der Waals surface area contributed by atoms with Gasteiger partial charge in [-0.3, -0.25) is 0 Å². The van der Waals surface area contributed by atoms with Crippen LogP contribution >= 0.6 is 0 Å². The van der Waals surface area contributed by atoms with E-state index in [0.29, 0.717) is 0 Å². The molecule has 0 aromatic heterocycles. The van der Waals surface area contributed by atoms with Crippen LogP contribution < -0.4 is 0 Å². The highest BCUT2D eigenvalue weighted by atomic mass is 14.9. The monoisotopic (exact) mass is 324 g/mol. The van der Waals surface area contributed by atoms with Gasteiger partial charge in [-0.1, -0.05) is 68.0 Å². The molecule has 0 N–H and O–H groups in total. The molecule has 0 fully saturated rings. The van der Waals surface area contributed by atoms with E-state index < -0.39 is 0 Å². The predicted octanol–water partition coefficient (Wildman–Crippen LogP) is 7.07. The fraction of sp³-hybridized carbons (Fsp3) is 0.250. The van der Waals surface area contributed by atoms with Crippen LogP contribution in [0.25, 0.3) is 27.2 Å². The quantitative estimate of drug-likeness (QED) is 0.532. The van der Waals surface area contributed by atoms with E-state index in [4.69, 9.17) is 5.32 Å². The molecule has 25 heavy (non-hydrogen) atoms. The fourth-order valence-corrected chi connectivity index (χ4v) is 4.74. The minimum absolute atomic E-state index is 0.111. The summed E-state index contributed by atoms with van der Waals surface area (Å²) in [4.78, 5) is 0. The second kappa shape index (κ2) is 4.76. The topological polar surface area (TPSA) is 14.1 Å². The van der Waals surface area contributed by atoms with Gasteiger partial charge in [0.15, 0.2) is 0 Å². The molecule has 0 bridgehead atoms. The van der Waals surface area contributed by atoms with Crippen molar-refractivity contribution in [3.05, 3.63) is 81.8 Å². The molecule has 5 rings (SSSR count). The van der Waals surface area contributed by atoms with Gasteiger partial charge in [0.25, 0.3) is 0 Å². The van der Waals surface area contributed by atoms with Crippen molar-refractivity contribution in [2.24, 2.45) is 5.41 Å². The van der Waals surface area contributed by atoms with Gasteiger partial charge in [-0.2, -0.15) is 0 Å². The van der Waals surface area contributed by atoms with Gasteiger partial charge in [-0.05, 0) is 58.9 Å². The number of allylic oxidation sites excluding steroid dienone is 7. The van der Waals surface area contributed by atoms with E-state index in [1.54, 1.807) is 0 Å². The van der Waals surface area contributed by atoms with Crippen molar-refractivity contribution in [3.8, 4) is 0 Å². The van der Waals surface area contributed by atoms with E-state index in [1.165, 1.54) is 44.2 Å². The van der Waals surface area contributed by atoms with E-state index in [2.05, 4.69) is 76.3 Å². The zero-order valence-electron chi connectivity index (χ0n) is 15.3. The second-order valence-electron chi connectivity index (χ2n) is 7.91. The van der Waals surface area contributed by atoms with E-state index in [9.17, 15) is 0 Å². The molecule has 0 radical (unpaired) electrons. The second-order valence-corrected chi connectivity index (χ2v) is 7.91. The molecule has 0 atom stereocenters. The number of fused-ring (bicyclic) bond motifs is 1. The van der Waals surface area contributed by atoms with Crippen LogP contribution in [0.2, 0.25) is 0 Å². The molecule has 1 heterocycles. The Morgan fingerprint density at radius 2 is 1.84 bits per heavy atom. The van der Waals surface area contributed by atoms with Gasteiger partial charge in [-0.15, -0.1) is 11.4 Å². The highest BCUT2D eigenvalue weighted by molar-refractivity contribution is 6.14. The highest BCUT2D eigenvalue weighted by Gasteiger charge is 2.33. The van der Waals surface area contributed by atoms with Gasteiger partial charge in [0, 0.05) is 5.41 Å². The largest absolute Gasteiger partial charge is 0.657 e. The molecular formula is C24H22N-. The average molecular weight is 324 g/mol. The van der Waals surface area contributed by atoms with Crippen LogP contribution in [-0.2, 0) is 6.42 Å². The maximum atomic E-state index is 4.96. The van der Waals surface area contributed by atoms with E-state index in [1.807, 2.05) is 0 Å². The Morgan fingerprint density at radius 1 is 1.04 bits per heavy atom. The summed E-state index contributed by atoms with van der Waals surface area (Å²) in [5.74, 6) is 0. The van der Waals surface area contributed by atoms with Crippen molar-refractivity contribution in [1.29, 1.82) is 0 Å². The van der Waals surface area contributed by atoms with Crippen LogP contribution in [0.15, 0.2) is 59.8 Å². The first-order chi connectivity index (χ1) is 12.0. The van der Waals surface area contributed by atoms with Crippen molar-refractivity contribution in [2.45, 2.75) is 34.1 Å². The first-order valence-corrected chi connectivity index (χ1v) is 9.09. The van der Waals surface area contributed by atoms with Gasteiger partial charge < -0.3 is 5.32 Å². The van der Waals surface area contributed by atoms with Crippen LogP contribution in [0.4, 0.5) is 5.69 Å². The molecule has 0 amide bonds. The zero-order valence-corrected chi connectivity index (χ0v) is 15.3. The first-order valence-electron chi connectivity index (χ1n) is 9.09. The minimum Gasteiger partial charge on any atom is -0.657 e. The molecule has 0 unspecified atom stereocenters. The predicted molar refractivity (Wildman–Crippen MR) is 108 cm³/mol. The molecule has 1 heteroatoms. The van der Waals surface area contributed by atoms with Crippen molar-refractivity contribution in [1.82, 2.24) is 0 Å². The number of hydrogen-bond donors (Lipinski definition) is 0. The van der Waals surface area contributed by atoms with Crippen LogP contribution in [0, 0.1) is 5.41 Å². The summed E-state index contributed by atoms with van der Waals surface area (Å²) in [6.07, 6.45) is 9.91. The molecule has 2 aromatic carbocycles. The Balaban J connectivity index is 1.87. The van der Waals surface area contributed by atoms with E-state index >= 15 is 0 Å². The summed E-state index contributed by atoms with van der Waals surface area (Å²) >= 11 is 0. The molecule has 2 aliphatic carbocycles. The Morgan fingerprint density at radius 3 is 2.64 bits per heavy atom. The molecule has 0 spiro atoms. The van der Waals surface area contributed by atoms with Crippen LogP contribution in [0.1, 0.15) is 44.4 Å². The summed E-state index contributed by atoms with van der Waals surface area (Å²) < 4.78 is 0. The number of rotatable bonds is 1. The maximum Gasteiger partial charge on any atom is 0.00875 e. The lowest BCUT2D eigenvalue weighted by Crippen LogP contribution is -2.13. The van der Waals surface area contributed by atoms with Gasteiger partial charge in [0.05, 0.1) is 0 Å². The lowest BCUT2D eigenvalue weighted by Gasteiger charge is -2.37. The smallest absolute Gasteiger partial charge is 0.00875 e. The third-order valence-corrected chi connectivity index (χ3v) is 5.90. The number of hydrogen-bond acceptors (Lipinski definition) is 0. The average Bonchev–Trinajstić information content (AvgIpc) is 2.90. The molecule has 124 valence electrons. The fourth-order valence-electron chi connectivity index (χ4n) is 4.74. The van der Waals surface area contributed by atoms with Crippen LogP contribution in [0.5, 0.6) is 0 Å². The highest BCUT2D eigenvalue weighted by Crippen LogP contribution is 2.54. The molecule has 0 saturated carbocycles. The summed E-state index contributed by atoms with van der Waals surface area (Å²) in [5, 5.41) is 7.72. The standard InChI is InChI=1S/C24H22N/c1-5-6-19-14(2)17-8-7-15-13-16-11-12-24(3,4)23(16)18-9-10-20(25-19)22(17)21(15)18/h5-12H,13H2,1-4H3/q-1/b6-5-. The lowest BCUT2D eigenvalue weighted by molar-refractivity contribution is 0.657. The van der Waals surface area contributed by atoms with Crippen molar-refractivity contribution in [2.75, 3.05) is 0 Å².